The highest BCUT2D eigenvalue weighted by Gasteiger charge is 2.12. The number of likely N-dealkylation sites (N-methyl/N-ethyl adjacent to an activating group) is 1. The predicted molar refractivity (Wildman–Crippen MR) is 50.8 cm³/mol. The van der Waals surface area contributed by atoms with Gasteiger partial charge in [0.25, 0.3) is 5.69 Å². The van der Waals surface area contributed by atoms with E-state index in [2.05, 4.69) is 5.32 Å². The van der Waals surface area contributed by atoms with E-state index in [-0.39, 0.29) is 23.6 Å². The second kappa shape index (κ2) is 4.50. The summed E-state index contributed by atoms with van der Waals surface area (Å²) in [5.74, 6) is -1.09. The van der Waals surface area contributed by atoms with Crippen molar-refractivity contribution >= 4 is 11.6 Å². The Bertz CT molecular complexity index is 406. The average Bonchev–Trinajstić information content (AvgIpc) is 2.20. The molecule has 6 heteroatoms. The third-order valence-corrected chi connectivity index (χ3v) is 1.88. The van der Waals surface area contributed by atoms with Gasteiger partial charge in [-0.15, -0.1) is 0 Å². The summed E-state index contributed by atoms with van der Waals surface area (Å²) in [4.78, 5) is 20.6. The van der Waals surface area contributed by atoms with Crippen molar-refractivity contribution in [2.75, 3.05) is 7.05 Å². The number of hydrogen-bond donors (Lipinski definition) is 1. The van der Waals surface area contributed by atoms with Crippen LogP contribution in [0.4, 0.5) is 10.1 Å². The van der Waals surface area contributed by atoms with Crippen molar-refractivity contribution in [2.24, 2.45) is 0 Å². The SMILES string of the molecule is CNC(=O)Cc1ccc([N+](=O)[O-])cc1F. The number of nitro benzene ring substituents is 1. The lowest BCUT2D eigenvalue weighted by Gasteiger charge is -2.01. The molecule has 0 aromatic heterocycles. The van der Waals surface area contributed by atoms with Gasteiger partial charge in [0.1, 0.15) is 5.82 Å². The fourth-order valence-electron chi connectivity index (χ4n) is 1.05. The number of amides is 1. The topological polar surface area (TPSA) is 72.2 Å². The Hall–Kier alpha value is -1.98. The molecule has 5 nitrogen and oxygen atoms in total. The Kier molecular flexibility index (Phi) is 3.33. The van der Waals surface area contributed by atoms with Gasteiger partial charge in [0, 0.05) is 13.1 Å². The molecule has 80 valence electrons. The van der Waals surface area contributed by atoms with E-state index in [0.29, 0.717) is 0 Å². The van der Waals surface area contributed by atoms with Crippen LogP contribution in [0, 0.1) is 15.9 Å². The van der Waals surface area contributed by atoms with Crippen molar-refractivity contribution in [3.8, 4) is 0 Å². The second-order valence-corrected chi connectivity index (χ2v) is 2.88. The van der Waals surface area contributed by atoms with E-state index in [4.69, 9.17) is 0 Å². The summed E-state index contributed by atoms with van der Waals surface area (Å²) < 4.78 is 13.2. The highest BCUT2D eigenvalue weighted by molar-refractivity contribution is 5.78. The molecule has 0 spiro atoms. The number of carbonyl (C=O) groups is 1. The first-order valence-electron chi connectivity index (χ1n) is 4.18. The van der Waals surface area contributed by atoms with Crippen LogP contribution in [-0.4, -0.2) is 17.9 Å². The van der Waals surface area contributed by atoms with E-state index in [1.54, 1.807) is 0 Å². The normalized spacial score (nSPS) is 9.73. The molecule has 1 N–H and O–H groups in total. The molecule has 0 aliphatic heterocycles. The molecule has 0 unspecified atom stereocenters. The Morgan fingerprint density at radius 1 is 1.60 bits per heavy atom. The molecule has 0 fully saturated rings. The minimum atomic E-state index is -0.743. The van der Waals surface area contributed by atoms with Crippen LogP contribution in [-0.2, 0) is 11.2 Å². The maximum Gasteiger partial charge on any atom is 0.272 e. The van der Waals surface area contributed by atoms with E-state index in [1.807, 2.05) is 0 Å². The Morgan fingerprint density at radius 3 is 2.73 bits per heavy atom. The molecular formula is C9H9FN2O3. The van der Waals surface area contributed by atoms with Gasteiger partial charge in [0.15, 0.2) is 0 Å². The van der Waals surface area contributed by atoms with Gasteiger partial charge in [-0.2, -0.15) is 0 Å². The number of hydrogen-bond acceptors (Lipinski definition) is 3. The Morgan fingerprint density at radius 2 is 2.27 bits per heavy atom. The van der Waals surface area contributed by atoms with E-state index in [0.717, 1.165) is 6.07 Å². The maximum atomic E-state index is 13.2. The fourth-order valence-corrected chi connectivity index (χ4v) is 1.05. The monoisotopic (exact) mass is 212 g/mol. The number of nitrogens with zero attached hydrogens (tertiary/aromatic N) is 1. The summed E-state index contributed by atoms with van der Waals surface area (Å²) in [6, 6.07) is 3.21. The third kappa shape index (κ3) is 2.73. The summed E-state index contributed by atoms with van der Waals surface area (Å²) in [6.07, 6.45) is -0.125. The first-order chi connectivity index (χ1) is 7.04. The second-order valence-electron chi connectivity index (χ2n) is 2.88. The standard InChI is InChI=1S/C9H9FN2O3/c1-11-9(13)4-6-2-3-7(12(14)15)5-8(6)10/h2-3,5H,4H2,1H3,(H,11,13). The lowest BCUT2D eigenvalue weighted by atomic mass is 10.1. The average molecular weight is 212 g/mol. The zero-order chi connectivity index (χ0) is 11.4. The molecule has 1 amide bonds. The van der Waals surface area contributed by atoms with Gasteiger partial charge in [-0.25, -0.2) is 4.39 Å². The largest absolute Gasteiger partial charge is 0.359 e. The molecule has 0 radical (unpaired) electrons. The smallest absolute Gasteiger partial charge is 0.272 e. The van der Waals surface area contributed by atoms with Crippen molar-refractivity contribution in [1.29, 1.82) is 0 Å². The summed E-state index contributed by atoms with van der Waals surface area (Å²) in [6.45, 7) is 0. The quantitative estimate of drug-likeness (QED) is 0.600. The summed E-state index contributed by atoms with van der Waals surface area (Å²) >= 11 is 0. The van der Waals surface area contributed by atoms with Gasteiger partial charge < -0.3 is 5.32 Å². The molecule has 15 heavy (non-hydrogen) atoms. The lowest BCUT2D eigenvalue weighted by Crippen LogP contribution is -2.20. The molecule has 0 aliphatic carbocycles. The van der Waals surface area contributed by atoms with Crippen LogP contribution in [0.15, 0.2) is 18.2 Å². The first-order valence-corrected chi connectivity index (χ1v) is 4.18. The van der Waals surface area contributed by atoms with Crippen molar-refractivity contribution in [3.05, 3.63) is 39.7 Å². The number of nitro groups is 1. The first kappa shape index (κ1) is 11.1. The van der Waals surface area contributed by atoms with Gasteiger partial charge >= 0.3 is 0 Å². The number of rotatable bonds is 3. The predicted octanol–water partition coefficient (Wildman–Crippen LogP) is 1.02. The van der Waals surface area contributed by atoms with Gasteiger partial charge in [-0.1, -0.05) is 0 Å². The molecule has 0 aliphatic rings. The van der Waals surface area contributed by atoms with Crippen LogP contribution in [0.3, 0.4) is 0 Å². The van der Waals surface area contributed by atoms with Crippen molar-refractivity contribution in [3.63, 3.8) is 0 Å². The number of carbonyl (C=O) groups excluding carboxylic acids is 1. The van der Waals surface area contributed by atoms with Crippen LogP contribution in [0.2, 0.25) is 0 Å². The molecule has 0 saturated heterocycles. The van der Waals surface area contributed by atoms with Gasteiger partial charge in [-0.3, -0.25) is 14.9 Å². The van der Waals surface area contributed by atoms with Crippen LogP contribution < -0.4 is 5.32 Å². The van der Waals surface area contributed by atoms with Crippen LogP contribution in [0.25, 0.3) is 0 Å². The van der Waals surface area contributed by atoms with Crippen LogP contribution in [0.5, 0.6) is 0 Å². The molecule has 0 bridgehead atoms. The third-order valence-electron chi connectivity index (χ3n) is 1.88. The minimum absolute atomic E-state index is 0.125. The van der Waals surface area contributed by atoms with E-state index in [1.165, 1.54) is 19.2 Å². The molecule has 0 saturated carbocycles. The number of halogens is 1. The molecule has 0 heterocycles. The van der Waals surface area contributed by atoms with E-state index >= 15 is 0 Å². The number of benzene rings is 1. The molecule has 1 aromatic rings. The number of non-ortho nitro benzene ring substituents is 1. The number of nitrogens with one attached hydrogen (secondary N) is 1. The zero-order valence-electron chi connectivity index (χ0n) is 7.99. The Balaban J connectivity index is 2.93. The van der Waals surface area contributed by atoms with Gasteiger partial charge in [0.05, 0.1) is 17.4 Å². The fraction of sp³-hybridized carbons (Fsp3) is 0.222. The summed E-state index contributed by atoms with van der Waals surface area (Å²) in [5.41, 5.74) is -0.187. The van der Waals surface area contributed by atoms with E-state index in [9.17, 15) is 19.3 Å². The summed E-state index contributed by atoms with van der Waals surface area (Å²) in [5, 5.41) is 12.6. The summed E-state index contributed by atoms with van der Waals surface area (Å²) in [7, 11) is 1.44. The molecule has 0 atom stereocenters. The van der Waals surface area contributed by atoms with E-state index < -0.39 is 10.7 Å². The van der Waals surface area contributed by atoms with Gasteiger partial charge in [-0.05, 0) is 11.6 Å². The Labute approximate surface area is 85.1 Å². The van der Waals surface area contributed by atoms with Gasteiger partial charge in [0.2, 0.25) is 5.91 Å². The van der Waals surface area contributed by atoms with Crippen LogP contribution in [0.1, 0.15) is 5.56 Å². The minimum Gasteiger partial charge on any atom is -0.359 e. The molecule has 1 rings (SSSR count). The maximum absolute atomic E-state index is 13.2. The highest BCUT2D eigenvalue weighted by Crippen LogP contribution is 2.16. The van der Waals surface area contributed by atoms with Crippen molar-refractivity contribution in [2.45, 2.75) is 6.42 Å². The highest BCUT2D eigenvalue weighted by atomic mass is 19.1. The van der Waals surface area contributed by atoms with Crippen molar-refractivity contribution in [1.82, 2.24) is 5.32 Å². The van der Waals surface area contributed by atoms with Crippen molar-refractivity contribution < 1.29 is 14.1 Å². The van der Waals surface area contributed by atoms with Crippen LogP contribution >= 0.6 is 0 Å². The lowest BCUT2D eigenvalue weighted by molar-refractivity contribution is -0.385. The molecule has 1 aromatic carbocycles. The zero-order valence-corrected chi connectivity index (χ0v) is 7.99. The molecular weight excluding hydrogens is 203 g/mol.